The van der Waals surface area contributed by atoms with Crippen molar-refractivity contribution >= 4 is 10.9 Å². The summed E-state index contributed by atoms with van der Waals surface area (Å²) < 4.78 is 10.6. The second-order valence-electron chi connectivity index (χ2n) is 3.81. The molecule has 98 valence electrons. The van der Waals surface area contributed by atoms with Crippen LogP contribution in [-0.2, 0) is 0 Å². The first kappa shape index (κ1) is 14.3. The molecule has 1 aromatic carbocycles. The number of methoxy groups -OCH3 is 2. The van der Waals surface area contributed by atoms with E-state index in [2.05, 4.69) is 18.0 Å². The lowest BCUT2D eigenvalue weighted by molar-refractivity contribution is 0.397. The molecule has 2 rings (SSSR count). The van der Waals surface area contributed by atoms with Crippen LogP contribution in [0.15, 0.2) is 18.2 Å². The number of fused-ring (bicyclic) bond motifs is 1. The zero-order valence-corrected chi connectivity index (χ0v) is 12.0. The summed E-state index contributed by atoms with van der Waals surface area (Å²) in [7, 11) is 3.30. The molecule has 0 radical (unpaired) electrons. The van der Waals surface area contributed by atoms with E-state index in [1.165, 1.54) is 5.56 Å². The summed E-state index contributed by atoms with van der Waals surface area (Å²) in [5.41, 5.74) is 3.06. The summed E-state index contributed by atoms with van der Waals surface area (Å²) in [5, 5.41) is 1.07. The van der Waals surface area contributed by atoms with E-state index >= 15 is 0 Å². The number of aryl methyl sites for hydroxylation is 2. The average molecular weight is 247 g/mol. The number of ether oxygens (including phenoxy) is 2. The molecule has 1 aromatic heterocycles. The van der Waals surface area contributed by atoms with Gasteiger partial charge in [-0.05, 0) is 31.5 Å². The molecule has 0 spiro atoms. The van der Waals surface area contributed by atoms with Crippen molar-refractivity contribution in [1.82, 2.24) is 4.98 Å². The van der Waals surface area contributed by atoms with E-state index in [0.29, 0.717) is 0 Å². The van der Waals surface area contributed by atoms with E-state index in [0.717, 1.165) is 28.1 Å². The number of benzene rings is 1. The Morgan fingerprint density at radius 2 is 1.61 bits per heavy atom. The van der Waals surface area contributed by atoms with Gasteiger partial charge in [0, 0.05) is 17.1 Å². The van der Waals surface area contributed by atoms with E-state index in [1.807, 2.05) is 32.9 Å². The molecule has 0 unspecified atom stereocenters. The van der Waals surface area contributed by atoms with Crippen molar-refractivity contribution in [2.45, 2.75) is 27.7 Å². The fourth-order valence-corrected chi connectivity index (χ4v) is 1.87. The SMILES string of the molecule is CC.COc1cc(OC)c2nc(C)cc(C)c2c1. The quantitative estimate of drug-likeness (QED) is 0.806. The third kappa shape index (κ3) is 2.73. The average Bonchev–Trinajstić information content (AvgIpc) is 2.40. The Morgan fingerprint density at radius 3 is 2.17 bits per heavy atom. The van der Waals surface area contributed by atoms with Crippen molar-refractivity contribution in [3.8, 4) is 11.5 Å². The molecule has 0 atom stereocenters. The topological polar surface area (TPSA) is 31.4 Å². The summed E-state index contributed by atoms with van der Waals surface area (Å²) in [5.74, 6) is 1.54. The normalized spacial score (nSPS) is 9.67. The van der Waals surface area contributed by atoms with Gasteiger partial charge in [-0.15, -0.1) is 0 Å². The smallest absolute Gasteiger partial charge is 0.148 e. The van der Waals surface area contributed by atoms with Crippen LogP contribution in [-0.4, -0.2) is 19.2 Å². The molecule has 0 saturated carbocycles. The number of rotatable bonds is 2. The number of hydrogen-bond acceptors (Lipinski definition) is 3. The third-order valence-electron chi connectivity index (χ3n) is 2.64. The van der Waals surface area contributed by atoms with Crippen molar-refractivity contribution in [2.24, 2.45) is 0 Å². The van der Waals surface area contributed by atoms with Crippen LogP contribution in [0.1, 0.15) is 25.1 Å². The predicted octanol–water partition coefficient (Wildman–Crippen LogP) is 3.90. The highest BCUT2D eigenvalue weighted by Crippen LogP contribution is 2.31. The maximum Gasteiger partial charge on any atom is 0.148 e. The summed E-state index contributed by atoms with van der Waals surface area (Å²) in [4.78, 5) is 4.50. The van der Waals surface area contributed by atoms with Crippen LogP contribution in [0, 0.1) is 13.8 Å². The lowest BCUT2D eigenvalue weighted by Gasteiger charge is -2.10. The Hall–Kier alpha value is -1.77. The van der Waals surface area contributed by atoms with Gasteiger partial charge >= 0.3 is 0 Å². The maximum atomic E-state index is 5.34. The second-order valence-corrected chi connectivity index (χ2v) is 3.81. The minimum Gasteiger partial charge on any atom is -0.497 e. The highest BCUT2D eigenvalue weighted by Gasteiger charge is 2.09. The van der Waals surface area contributed by atoms with Crippen molar-refractivity contribution in [1.29, 1.82) is 0 Å². The standard InChI is InChI=1S/C13H15NO2.C2H6/c1-8-5-9(2)14-13-11(8)6-10(15-3)7-12(13)16-4;1-2/h5-7H,1-4H3;1-2H3. The van der Waals surface area contributed by atoms with E-state index in [-0.39, 0.29) is 0 Å². The minimum absolute atomic E-state index is 0.751. The molecule has 3 nitrogen and oxygen atoms in total. The first-order chi connectivity index (χ1) is 8.65. The molecule has 0 amide bonds. The fraction of sp³-hybridized carbons (Fsp3) is 0.400. The van der Waals surface area contributed by atoms with Gasteiger partial charge in [0.1, 0.15) is 17.0 Å². The molecule has 3 heteroatoms. The molecule has 0 saturated heterocycles. The lowest BCUT2D eigenvalue weighted by Crippen LogP contribution is -1.94. The first-order valence-electron chi connectivity index (χ1n) is 6.15. The Bertz CT molecular complexity index is 535. The van der Waals surface area contributed by atoms with Gasteiger partial charge in [-0.2, -0.15) is 0 Å². The molecule has 2 aromatic rings. The van der Waals surface area contributed by atoms with Crippen LogP contribution < -0.4 is 9.47 Å². The van der Waals surface area contributed by atoms with Crippen LogP contribution in [0.3, 0.4) is 0 Å². The molecule has 0 N–H and O–H groups in total. The molecule has 0 aliphatic carbocycles. The summed E-state index contributed by atoms with van der Waals surface area (Å²) in [6.45, 7) is 8.05. The molecule has 0 bridgehead atoms. The number of aromatic nitrogens is 1. The van der Waals surface area contributed by atoms with Gasteiger partial charge in [0.25, 0.3) is 0 Å². The van der Waals surface area contributed by atoms with Gasteiger partial charge in [-0.3, -0.25) is 0 Å². The second kappa shape index (κ2) is 6.24. The number of hydrogen-bond donors (Lipinski definition) is 0. The molecular formula is C15H21NO2. The monoisotopic (exact) mass is 247 g/mol. The zero-order chi connectivity index (χ0) is 13.7. The van der Waals surface area contributed by atoms with E-state index in [1.54, 1.807) is 14.2 Å². The predicted molar refractivity (Wildman–Crippen MR) is 75.7 cm³/mol. The Kier molecular flexibility index (Phi) is 4.95. The summed E-state index contributed by atoms with van der Waals surface area (Å²) in [6.07, 6.45) is 0. The van der Waals surface area contributed by atoms with Gasteiger partial charge in [-0.1, -0.05) is 13.8 Å². The Morgan fingerprint density at radius 1 is 0.944 bits per heavy atom. The molecule has 1 heterocycles. The van der Waals surface area contributed by atoms with Gasteiger partial charge in [0.15, 0.2) is 0 Å². The highest BCUT2D eigenvalue weighted by atomic mass is 16.5. The third-order valence-corrected chi connectivity index (χ3v) is 2.64. The van der Waals surface area contributed by atoms with Crippen LogP contribution in [0.5, 0.6) is 11.5 Å². The molecular weight excluding hydrogens is 226 g/mol. The van der Waals surface area contributed by atoms with Gasteiger partial charge in [0.2, 0.25) is 0 Å². The molecule has 18 heavy (non-hydrogen) atoms. The zero-order valence-electron chi connectivity index (χ0n) is 12.0. The fourth-order valence-electron chi connectivity index (χ4n) is 1.87. The van der Waals surface area contributed by atoms with Gasteiger partial charge in [-0.25, -0.2) is 4.98 Å². The van der Waals surface area contributed by atoms with Crippen molar-refractivity contribution in [2.75, 3.05) is 14.2 Å². The number of nitrogens with zero attached hydrogens (tertiary/aromatic N) is 1. The summed E-state index contributed by atoms with van der Waals surface area (Å²) >= 11 is 0. The van der Waals surface area contributed by atoms with E-state index < -0.39 is 0 Å². The van der Waals surface area contributed by atoms with Gasteiger partial charge in [0.05, 0.1) is 14.2 Å². The lowest BCUT2D eigenvalue weighted by atomic mass is 10.1. The number of pyridine rings is 1. The summed E-state index contributed by atoms with van der Waals surface area (Å²) in [6, 6.07) is 5.90. The van der Waals surface area contributed by atoms with Crippen LogP contribution in [0.4, 0.5) is 0 Å². The largest absolute Gasteiger partial charge is 0.497 e. The van der Waals surface area contributed by atoms with E-state index in [4.69, 9.17) is 9.47 Å². The van der Waals surface area contributed by atoms with Crippen molar-refractivity contribution in [3.05, 3.63) is 29.5 Å². The molecule has 0 fully saturated rings. The molecule has 0 aliphatic rings. The van der Waals surface area contributed by atoms with Crippen molar-refractivity contribution in [3.63, 3.8) is 0 Å². The first-order valence-corrected chi connectivity index (χ1v) is 6.15. The Balaban J connectivity index is 0.000000771. The minimum atomic E-state index is 0.751. The molecule has 0 aliphatic heterocycles. The van der Waals surface area contributed by atoms with Crippen LogP contribution in [0.25, 0.3) is 10.9 Å². The van der Waals surface area contributed by atoms with Crippen LogP contribution in [0.2, 0.25) is 0 Å². The van der Waals surface area contributed by atoms with Crippen LogP contribution >= 0.6 is 0 Å². The maximum absolute atomic E-state index is 5.34. The van der Waals surface area contributed by atoms with Gasteiger partial charge < -0.3 is 9.47 Å². The van der Waals surface area contributed by atoms with Crippen molar-refractivity contribution < 1.29 is 9.47 Å². The highest BCUT2D eigenvalue weighted by molar-refractivity contribution is 5.89. The Labute approximate surface area is 109 Å². The van der Waals surface area contributed by atoms with E-state index in [9.17, 15) is 0 Å².